The highest BCUT2D eigenvalue weighted by atomic mass is 32.2. The summed E-state index contributed by atoms with van der Waals surface area (Å²) < 4.78 is 0.679. The van der Waals surface area contributed by atoms with Crippen LogP contribution >= 0.6 is 11.8 Å². The summed E-state index contributed by atoms with van der Waals surface area (Å²) in [7, 11) is 0. The molecule has 2 aliphatic carbocycles. The maximum Gasteiger partial charge on any atom is 0.0142 e. The first kappa shape index (κ1) is 7.73. The van der Waals surface area contributed by atoms with E-state index in [0.717, 1.165) is 16.6 Å². The fourth-order valence-corrected chi connectivity index (χ4v) is 6.76. The van der Waals surface area contributed by atoms with Crippen LogP contribution in [0.3, 0.4) is 0 Å². The summed E-state index contributed by atoms with van der Waals surface area (Å²) in [5.41, 5.74) is 0.742. The molecule has 0 N–H and O–H groups in total. The van der Waals surface area contributed by atoms with Crippen LogP contribution in [-0.4, -0.2) is 10.00 Å². The van der Waals surface area contributed by atoms with Gasteiger partial charge in [0.05, 0.1) is 0 Å². The first-order valence-corrected chi connectivity index (χ1v) is 6.13. The minimum absolute atomic E-state index is 0.679. The Morgan fingerprint density at radius 3 is 2.58 bits per heavy atom. The third-order valence-corrected chi connectivity index (χ3v) is 5.64. The van der Waals surface area contributed by atoms with Crippen molar-refractivity contribution in [2.45, 2.75) is 55.9 Å². The summed E-state index contributed by atoms with van der Waals surface area (Å²) in [6.07, 6.45) is 7.61. The van der Waals surface area contributed by atoms with E-state index in [1.165, 1.54) is 25.7 Å². The van der Waals surface area contributed by atoms with E-state index >= 15 is 0 Å². The summed E-state index contributed by atoms with van der Waals surface area (Å²) in [6.45, 7) is 5.04. The third-order valence-electron chi connectivity index (χ3n) is 4.07. The number of hydrogen-bond donors (Lipinski definition) is 0. The minimum atomic E-state index is 0.679. The zero-order valence-electron chi connectivity index (χ0n) is 8.10. The lowest BCUT2D eigenvalue weighted by Gasteiger charge is -2.59. The van der Waals surface area contributed by atoms with E-state index in [9.17, 15) is 0 Å². The predicted octanol–water partition coefficient (Wildman–Crippen LogP) is 3.46. The van der Waals surface area contributed by atoms with E-state index in [2.05, 4.69) is 25.6 Å². The molecule has 12 heavy (non-hydrogen) atoms. The van der Waals surface area contributed by atoms with Gasteiger partial charge in [0.1, 0.15) is 0 Å². The largest absolute Gasteiger partial charge is 0.152 e. The van der Waals surface area contributed by atoms with Gasteiger partial charge in [0, 0.05) is 10.00 Å². The SMILES string of the molecule is CC12CC3CC(C1)SC(C)(C3)C2. The Bertz CT molecular complexity index is 187. The molecule has 4 bridgehead atoms. The van der Waals surface area contributed by atoms with Crippen molar-refractivity contribution in [3.8, 4) is 0 Å². The Kier molecular flexibility index (Phi) is 1.32. The molecule has 2 saturated carbocycles. The fraction of sp³-hybridized carbons (Fsp3) is 1.00. The topological polar surface area (TPSA) is 0 Å². The Balaban J connectivity index is 1.98. The lowest BCUT2D eigenvalue weighted by atomic mass is 9.59. The van der Waals surface area contributed by atoms with Crippen LogP contribution in [0.1, 0.15) is 46.0 Å². The van der Waals surface area contributed by atoms with Gasteiger partial charge in [-0.2, -0.15) is 11.8 Å². The molecule has 2 aliphatic heterocycles. The van der Waals surface area contributed by atoms with Crippen LogP contribution in [0.5, 0.6) is 0 Å². The van der Waals surface area contributed by atoms with Gasteiger partial charge >= 0.3 is 0 Å². The van der Waals surface area contributed by atoms with Gasteiger partial charge in [-0.15, -0.1) is 0 Å². The Morgan fingerprint density at radius 2 is 2.00 bits per heavy atom. The molecule has 2 saturated heterocycles. The summed E-state index contributed by atoms with van der Waals surface area (Å²) in [5.74, 6) is 1.09. The van der Waals surface area contributed by atoms with E-state index in [0.29, 0.717) is 4.75 Å². The molecule has 1 heteroatoms. The Hall–Kier alpha value is 0.350. The zero-order chi connectivity index (χ0) is 8.40. The quantitative estimate of drug-likeness (QED) is 0.553. The highest BCUT2D eigenvalue weighted by Crippen LogP contribution is 2.64. The summed E-state index contributed by atoms with van der Waals surface area (Å²) in [6, 6.07) is 0. The molecular weight excluding hydrogens is 164 g/mol. The molecule has 0 radical (unpaired) electrons. The molecule has 0 amide bonds. The van der Waals surface area contributed by atoms with Gasteiger partial charge in [-0.3, -0.25) is 0 Å². The molecule has 4 aliphatic rings. The van der Waals surface area contributed by atoms with Crippen molar-refractivity contribution >= 4 is 11.8 Å². The maximum atomic E-state index is 2.53. The Labute approximate surface area is 79.5 Å². The minimum Gasteiger partial charge on any atom is -0.152 e. The van der Waals surface area contributed by atoms with Crippen molar-refractivity contribution in [3.63, 3.8) is 0 Å². The monoisotopic (exact) mass is 182 g/mol. The zero-order valence-corrected chi connectivity index (χ0v) is 8.91. The van der Waals surface area contributed by atoms with Crippen molar-refractivity contribution < 1.29 is 0 Å². The molecule has 0 spiro atoms. The molecule has 0 aromatic rings. The van der Waals surface area contributed by atoms with Crippen LogP contribution in [0, 0.1) is 11.3 Å². The predicted molar refractivity (Wildman–Crippen MR) is 54.5 cm³/mol. The fourth-order valence-electron chi connectivity index (χ4n) is 4.34. The number of rotatable bonds is 0. The average Bonchev–Trinajstić information content (AvgIpc) is 1.75. The van der Waals surface area contributed by atoms with Crippen LogP contribution in [0.2, 0.25) is 0 Å². The molecule has 4 fully saturated rings. The van der Waals surface area contributed by atoms with E-state index in [4.69, 9.17) is 0 Å². The second-order valence-electron chi connectivity index (χ2n) is 5.89. The van der Waals surface area contributed by atoms with E-state index in [-0.39, 0.29) is 0 Å². The van der Waals surface area contributed by atoms with Gasteiger partial charge in [0.2, 0.25) is 0 Å². The first-order chi connectivity index (χ1) is 5.57. The lowest BCUT2D eigenvalue weighted by Crippen LogP contribution is -2.51. The number of hydrogen-bond acceptors (Lipinski definition) is 1. The average molecular weight is 182 g/mol. The van der Waals surface area contributed by atoms with Crippen LogP contribution in [-0.2, 0) is 0 Å². The van der Waals surface area contributed by atoms with Crippen molar-refractivity contribution in [3.05, 3.63) is 0 Å². The Morgan fingerprint density at radius 1 is 1.17 bits per heavy atom. The standard InChI is InChI=1S/C11H18S/c1-10-4-8-3-9(6-10)12-11(2,5-8)7-10/h8-9H,3-7H2,1-2H3. The highest BCUT2D eigenvalue weighted by molar-refractivity contribution is 8.01. The van der Waals surface area contributed by atoms with Crippen LogP contribution in [0.15, 0.2) is 0 Å². The first-order valence-electron chi connectivity index (χ1n) is 5.25. The highest BCUT2D eigenvalue weighted by Gasteiger charge is 2.54. The molecule has 0 aromatic carbocycles. The number of thioether (sulfide) groups is 1. The van der Waals surface area contributed by atoms with Gasteiger partial charge in [-0.25, -0.2) is 0 Å². The molecule has 68 valence electrons. The van der Waals surface area contributed by atoms with E-state index < -0.39 is 0 Å². The molecule has 0 nitrogen and oxygen atoms in total. The molecule has 4 unspecified atom stereocenters. The van der Waals surface area contributed by atoms with Crippen molar-refractivity contribution in [2.75, 3.05) is 0 Å². The molecule has 0 aromatic heterocycles. The lowest BCUT2D eigenvalue weighted by molar-refractivity contribution is 0.0639. The summed E-state index contributed by atoms with van der Waals surface area (Å²) in [5, 5.41) is 1.03. The summed E-state index contributed by atoms with van der Waals surface area (Å²) >= 11 is 2.31. The van der Waals surface area contributed by atoms with Crippen molar-refractivity contribution in [2.24, 2.45) is 11.3 Å². The van der Waals surface area contributed by atoms with Gasteiger partial charge in [0.25, 0.3) is 0 Å². The van der Waals surface area contributed by atoms with Crippen molar-refractivity contribution in [1.29, 1.82) is 0 Å². The van der Waals surface area contributed by atoms with Crippen LogP contribution in [0.4, 0.5) is 0 Å². The molecule has 4 rings (SSSR count). The second-order valence-corrected chi connectivity index (χ2v) is 7.78. The van der Waals surface area contributed by atoms with Gasteiger partial charge in [-0.05, 0) is 43.4 Å². The van der Waals surface area contributed by atoms with Gasteiger partial charge in [-0.1, -0.05) is 13.8 Å². The van der Waals surface area contributed by atoms with E-state index in [1.807, 2.05) is 0 Å². The third kappa shape index (κ3) is 0.982. The molecule has 4 atom stereocenters. The molecular formula is C11H18S. The molecule has 2 heterocycles. The van der Waals surface area contributed by atoms with Crippen molar-refractivity contribution in [1.82, 2.24) is 0 Å². The van der Waals surface area contributed by atoms with E-state index in [1.54, 1.807) is 6.42 Å². The summed E-state index contributed by atoms with van der Waals surface area (Å²) in [4.78, 5) is 0. The van der Waals surface area contributed by atoms with Crippen LogP contribution < -0.4 is 0 Å². The van der Waals surface area contributed by atoms with Gasteiger partial charge < -0.3 is 0 Å². The maximum absolute atomic E-state index is 2.53. The normalized spacial score (nSPS) is 62.5. The van der Waals surface area contributed by atoms with Gasteiger partial charge in [0.15, 0.2) is 0 Å². The smallest absolute Gasteiger partial charge is 0.0142 e. The second kappa shape index (κ2) is 2.05. The van der Waals surface area contributed by atoms with Crippen LogP contribution in [0.25, 0.3) is 0 Å².